The van der Waals surface area contributed by atoms with Crippen LogP contribution in [0.25, 0.3) is 11.3 Å². The highest BCUT2D eigenvalue weighted by molar-refractivity contribution is 5.58. The number of nitrogens with zero attached hydrogens (tertiary/aromatic N) is 4. The van der Waals surface area contributed by atoms with Crippen LogP contribution in [0.5, 0.6) is 0 Å². The van der Waals surface area contributed by atoms with Crippen molar-refractivity contribution in [1.29, 1.82) is 5.26 Å². The third kappa shape index (κ3) is 1.66. The van der Waals surface area contributed by atoms with Crippen LogP contribution in [0.4, 0.5) is 0 Å². The lowest BCUT2D eigenvalue weighted by atomic mass is 10.1. The van der Waals surface area contributed by atoms with E-state index >= 15 is 0 Å². The van der Waals surface area contributed by atoms with Crippen LogP contribution in [0.2, 0.25) is 0 Å². The first-order chi connectivity index (χ1) is 8.34. The standard InChI is InChI=1S/C13H10N4/c14-9-13(4-5-13)12-16-8-3-11(17-12)10-1-6-15-7-2-10/h1-3,6-8H,4-5H2. The van der Waals surface area contributed by atoms with Gasteiger partial charge in [-0.25, -0.2) is 9.97 Å². The summed E-state index contributed by atoms with van der Waals surface area (Å²) in [7, 11) is 0. The number of nitriles is 1. The molecule has 0 amide bonds. The SMILES string of the molecule is N#CC1(c2nccc(-c3ccncc3)n2)CC1. The molecule has 0 radical (unpaired) electrons. The first-order valence-corrected chi connectivity index (χ1v) is 5.49. The molecular formula is C13H10N4. The lowest BCUT2D eigenvalue weighted by Gasteiger charge is -2.06. The maximum Gasteiger partial charge on any atom is 0.149 e. The van der Waals surface area contributed by atoms with E-state index < -0.39 is 5.41 Å². The molecule has 2 aromatic rings. The van der Waals surface area contributed by atoms with Crippen molar-refractivity contribution in [1.82, 2.24) is 15.0 Å². The van der Waals surface area contributed by atoms with E-state index in [1.54, 1.807) is 18.6 Å². The zero-order valence-corrected chi connectivity index (χ0v) is 9.17. The maximum atomic E-state index is 9.13. The first-order valence-electron chi connectivity index (χ1n) is 5.49. The summed E-state index contributed by atoms with van der Waals surface area (Å²) in [6.07, 6.45) is 6.91. The van der Waals surface area contributed by atoms with E-state index in [2.05, 4.69) is 21.0 Å². The molecule has 1 saturated carbocycles. The molecule has 1 aliphatic carbocycles. The van der Waals surface area contributed by atoms with Crippen molar-refractivity contribution >= 4 is 0 Å². The second-order valence-electron chi connectivity index (χ2n) is 4.20. The summed E-state index contributed by atoms with van der Waals surface area (Å²) in [5.41, 5.74) is 1.42. The minimum Gasteiger partial charge on any atom is -0.265 e. The Morgan fingerprint density at radius 1 is 1.12 bits per heavy atom. The van der Waals surface area contributed by atoms with Crippen LogP contribution in [0.15, 0.2) is 36.8 Å². The van der Waals surface area contributed by atoms with Gasteiger partial charge in [-0.3, -0.25) is 4.98 Å². The van der Waals surface area contributed by atoms with Crippen LogP contribution in [-0.4, -0.2) is 15.0 Å². The summed E-state index contributed by atoms with van der Waals surface area (Å²) in [4.78, 5) is 12.7. The van der Waals surface area contributed by atoms with Gasteiger partial charge < -0.3 is 0 Å². The molecule has 0 saturated heterocycles. The van der Waals surface area contributed by atoms with Crippen molar-refractivity contribution in [3.8, 4) is 17.3 Å². The van der Waals surface area contributed by atoms with E-state index in [4.69, 9.17) is 5.26 Å². The van der Waals surface area contributed by atoms with E-state index in [-0.39, 0.29) is 0 Å². The Morgan fingerprint density at radius 2 is 1.88 bits per heavy atom. The number of rotatable bonds is 2. The average Bonchev–Trinajstić information content (AvgIpc) is 3.21. The van der Waals surface area contributed by atoms with Crippen LogP contribution < -0.4 is 0 Å². The zero-order valence-electron chi connectivity index (χ0n) is 9.17. The molecule has 0 aliphatic heterocycles. The third-order valence-electron chi connectivity index (χ3n) is 3.02. The van der Waals surface area contributed by atoms with Crippen molar-refractivity contribution in [3.05, 3.63) is 42.6 Å². The zero-order chi connectivity index (χ0) is 11.7. The summed E-state index contributed by atoms with van der Waals surface area (Å²) in [5.74, 6) is 0.648. The highest BCUT2D eigenvalue weighted by Gasteiger charge is 2.47. The van der Waals surface area contributed by atoms with Gasteiger partial charge in [0.25, 0.3) is 0 Å². The molecule has 4 heteroatoms. The van der Waals surface area contributed by atoms with E-state index in [0.29, 0.717) is 5.82 Å². The number of hydrogen-bond donors (Lipinski definition) is 0. The Kier molecular flexibility index (Phi) is 2.12. The van der Waals surface area contributed by atoms with Gasteiger partial charge in [-0.1, -0.05) is 0 Å². The summed E-state index contributed by atoms with van der Waals surface area (Å²) >= 11 is 0. The predicted octanol–water partition coefficient (Wildman–Crippen LogP) is 2.09. The topological polar surface area (TPSA) is 62.5 Å². The van der Waals surface area contributed by atoms with Crippen LogP contribution in [-0.2, 0) is 5.41 Å². The number of pyridine rings is 1. The van der Waals surface area contributed by atoms with Gasteiger partial charge in [-0.2, -0.15) is 5.26 Å². The van der Waals surface area contributed by atoms with Crippen molar-refractivity contribution in [3.63, 3.8) is 0 Å². The minimum absolute atomic E-state index is 0.428. The molecule has 3 rings (SSSR count). The van der Waals surface area contributed by atoms with E-state index in [1.807, 2.05) is 18.2 Å². The number of hydrogen-bond acceptors (Lipinski definition) is 4. The Hall–Kier alpha value is -2.28. The smallest absolute Gasteiger partial charge is 0.149 e. The van der Waals surface area contributed by atoms with Gasteiger partial charge in [-0.05, 0) is 31.0 Å². The Morgan fingerprint density at radius 3 is 2.53 bits per heavy atom. The number of aromatic nitrogens is 3. The quantitative estimate of drug-likeness (QED) is 0.780. The largest absolute Gasteiger partial charge is 0.265 e. The van der Waals surface area contributed by atoms with Gasteiger partial charge in [0, 0.05) is 24.2 Å². The van der Waals surface area contributed by atoms with Crippen molar-refractivity contribution in [2.75, 3.05) is 0 Å². The minimum atomic E-state index is -0.428. The van der Waals surface area contributed by atoms with Gasteiger partial charge in [-0.15, -0.1) is 0 Å². The fourth-order valence-corrected chi connectivity index (χ4v) is 1.78. The Bertz CT molecular complexity index is 582. The summed E-state index contributed by atoms with van der Waals surface area (Å²) in [5, 5.41) is 9.13. The predicted molar refractivity (Wildman–Crippen MR) is 61.8 cm³/mol. The Balaban J connectivity index is 2.04. The van der Waals surface area contributed by atoms with Crippen LogP contribution >= 0.6 is 0 Å². The molecule has 17 heavy (non-hydrogen) atoms. The molecule has 0 N–H and O–H groups in total. The van der Waals surface area contributed by atoms with Gasteiger partial charge >= 0.3 is 0 Å². The van der Waals surface area contributed by atoms with Crippen LogP contribution in [0.1, 0.15) is 18.7 Å². The van der Waals surface area contributed by atoms with Gasteiger partial charge in [0.05, 0.1) is 11.8 Å². The third-order valence-corrected chi connectivity index (χ3v) is 3.02. The molecule has 2 aromatic heterocycles. The second-order valence-corrected chi connectivity index (χ2v) is 4.20. The van der Waals surface area contributed by atoms with Crippen molar-refractivity contribution in [2.24, 2.45) is 0 Å². The molecule has 1 aliphatic rings. The highest BCUT2D eigenvalue weighted by Crippen LogP contribution is 2.45. The monoisotopic (exact) mass is 222 g/mol. The molecule has 1 fully saturated rings. The highest BCUT2D eigenvalue weighted by atomic mass is 14.9. The molecular weight excluding hydrogens is 212 g/mol. The summed E-state index contributed by atoms with van der Waals surface area (Å²) < 4.78 is 0. The second kappa shape index (κ2) is 3.63. The van der Waals surface area contributed by atoms with Crippen molar-refractivity contribution < 1.29 is 0 Å². The van der Waals surface area contributed by atoms with E-state index in [0.717, 1.165) is 24.1 Å². The van der Waals surface area contributed by atoms with E-state index in [9.17, 15) is 0 Å². The summed E-state index contributed by atoms with van der Waals surface area (Å²) in [6.45, 7) is 0. The van der Waals surface area contributed by atoms with Crippen LogP contribution in [0, 0.1) is 11.3 Å². The molecule has 0 unspecified atom stereocenters. The maximum absolute atomic E-state index is 9.13. The fraction of sp³-hybridized carbons (Fsp3) is 0.231. The van der Waals surface area contributed by atoms with Gasteiger partial charge in [0.1, 0.15) is 11.2 Å². The average molecular weight is 222 g/mol. The molecule has 82 valence electrons. The van der Waals surface area contributed by atoms with Crippen LogP contribution in [0.3, 0.4) is 0 Å². The molecule has 0 atom stereocenters. The fourth-order valence-electron chi connectivity index (χ4n) is 1.78. The van der Waals surface area contributed by atoms with Gasteiger partial charge in [0.2, 0.25) is 0 Å². The van der Waals surface area contributed by atoms with Crippen molar-refractivity contribution in [2.45, 2.75) is 18.3 Å². The molecule has 0 bridgehead atoms. The summed E-state index contributed by atoms with van der Waals surface area (Å²) in [6, 6.07) is 7.97. The lowest BCUT2D eigenvalue weighted by Crippen LogP contribution is -2.09. The van der Waals surface area contributed by atoms with Gasteiger partial charge in [0.15, 0.2) is 0 Å². The van der Waals surface area contributed by atoms with E-state index in [1.165, 1.54) is 0 Å². The molecule has 0 spiro atoms. The first kappa shape index (κ1) is 9.91. The lowest BCUT2D eigenvalue weighted by molar-refractivity contribution is 0.799. The Labute approximate surface area is 99.0 Å². The normalized spacial score (nSPS) is 16.2. The molecule has 2 heterocycles. The molecule has 0 aromatic carbocycles. The molecule has 4 nitrogen and oxygen atoms in total.